The van der Waals surface area contributed by atoms with Crippen LogP contribution in [0.2, 0.25) is 0 Å². The van der Waals surface area contributed by atoms with Crippen LogP contribution in [0.4, 0.5) is 5.13 Å². The second kappa shape index (κ2) is 10.8. The molecule has 0 spiro atoms. The number of fused-ring (bicyclic) bond motifs is 2. The van der Waals surface area contributed by atoms with Gasteiger partial charge in [-0.05, 0) is 40.8 Å². The molecule has 202 valence electrons. The number of ether oxygens (including phenoxy) is 1. The molecule has 7 nitrogen and oxygen atoms in total. The molecule has 0 radical (unpaired) electrons. The van der Waals surface area contributed by atoms with Crippen molar-refractivity contribution in [2.24, 2.45) is 7.05 Å². The number of thiazole rings is 1. The van der Waals surface area contributed by atoms with Gasteiger partial charge in [0.25, 0.3) is 11.5 Å². The van der Waals surface area contributed by atoms with Gasteiger partial charge in [-0.3, -0.25) is 14.9 Å². The second-order valence-electron chi connectivity index (χ2n) is 9.64. The summed E-state index contributed by atoms with van der Waals surface area (Å²) in [6, 6.07) is 30.6. The smallest absolute Gasteiger partial charge is 0.356 e. The Morgan fingerprint density at radius 1 is 0.854 bits per heavy atom. The summed E-state index contributed by atoms with van der Waals surface area (Å²) >= 11 is 1.29. The number of benzene rings is 4. The molecule has 6 rings (SSSR count). The van der Waals surface area contributed by atoms with Gasteiger partial charge < -0.3 is 9.30 Å². The van der Waals surface area contributed by atoms with Crippen molar-refractivity contribution in [1.82, 2.24) is 9.55 Å². The molecule has 0 aliphatic rings. The predicted octanol–water partition coefficient (Wildman–Crippen LogP) is 6.67. The van der Waals surface area contributed by atoms with E-state index in [1.807, 2.05) is 84.2 Å². The zero-order valence-corrected chi connectivity index (χ0v) is 23.1. The fourth-order valence-corrected chi connectivity index (χ4v) is 5.61. The van der Waals surface area contributed by atoms with Crippen molar-refractivity contribution in [2.45, 2.75) is 13.0 Å². The molecule has 2 heterocycles. The van der Waals surface area contributed by atoms with Gasteiger partial charge in [-0.25, -0.2) is 9.78 Å². The largest absolute Gasteiger partial charge is 0.448 e. The van der Waals surface area contributed by atoms with E-state index in [0.29, 0.717) is 21.5 Å². The average Bonchev–Trinajstić information content (AvgIpc) is 3.47. The average molecular weight is 560 g/mol. The topological polar surface area (TPSA) is 90.3 Å². The molecule has 1 atom stereocenters. The molecule has 0 saturated carbocycles. The molecule has 1 N–H and O–H groups in total. The minimum Gasteiger partial charge on any atom is -0.448 e. The molecule has 0 aliphatic carbocycles. The maximum Gasteiger partial charge on any atom is 0.356 e. The molecule has 2 aromatic heterocycles. The number of hydrogen-bond acceptors (Lipinski definition) is 6. The lowest BCUT2D eigenvalue weighted by Crippen LogP contribution is -2.32. The van der Waals surface area contributed by atoms with Crippen molar-refractivity contribution in [3.63, 3.8) is 0 Å². The SMILES string of the molecule is CC(OC(=O)c1c(-c2ccccc2)c2ccccc2c(=O)n1C)C(=O)Nc1nc(-c2ccc3ccccc3c2)cs1. The Kier molecular flexibility index (Phi) is 6.91. The number of nitrogens with zero attached hydrogens (tertiary/aromatic N) is 2. The van der Waals surface area contributed by atoms with Crippen LogP contribution in [0.3, 0.4) is 0 Å². The molecular weight excluding hydrogens is 534 g/mol. The van der Waals surface area contributed by atoms with Crippen molar-refractivity contribution >= 4 is 49.9 Å². The van der Waals surface area contributed by atoms with Gasteiger partial charge >= 0.3 is 5.97 Å². The number of carbonyl (C=O) groups excluding carboxylic acids is 2. The fourth-order valence-electron chi connectivity index (χ4n) is 4.89. The zero-order chi connectivity index (χ0) is 28.5. The van der Waals surface area contributed by atoms with E-state index in [9.17, 15) is 14.4 Å². The molecular formula is C33H25N3O4S. The highest BCUT2D eigenvalue weighted by atomic mass is 32.1. The van der Waals surface area contributed by atoms with Crippen molar-refractivity contribution in [3.8, 4) is 22.4 Å². The van der Waals surface area contributed by atoms with Crippen molar-refractivity contribution in [1.29, 1.82) is 0 Å². The molecule has 41 heavy (non-hydrogen) atoms. The zero-order valence-electron chi connectivity index (χ0n) is 22.3. The highest BCUT2D eigenvalue weighted by Gasteiger charge is 2.26. The molecule has 6 aromatic rings. The number of nitrogens with one attached hydrogen (secondary N) is 1. The van der Waals surface area contributed by atoms with E-state index in [1.165, 1.54) is 29.9 Å². The van der Waals surface area contributed by atoms with Crippen LogP contribution in [-0.4, -0.2) is 27.5 Å². The van der Waals surface area contributed by atoms with E-state index in [4.69, 9.17) is 4.74 Å². The Balaban J connectivity index is 1.25. The number of esters is 1. The van der Waals surface area contributed by atoms with Crippen LogP contribution in [-0.2, 0) is 16.6 Å². The van der Waals surface area contributed by atoms with Crippen LogP contribution < -0.4 is 10.9 Å². The van der Waals surface area contributed by atoms with Gasteiger partial charge in [0.05, 0.1) is 5.69 Å². The van der Waals surface area contributed by atoms with Crippen LogP contribution in [0.1, 0.15) is 17.4 Å². The lowest BCUT2D eigenvalue weighted by molar-refractivity contribution is -0.123. The number of rotatable bonds is 6. The number of pyridine rings is 1. The molecule has 8 heteroatoms. The molecule has 0 aliphatic heterocycles. The minimum atomic E-state index is -1.14. The van der Waals surface area contributed by atoms with Gasteiger partial charge in [-0.15, -0.1) is 11.3 Å². The monoisotopic (exact) mass is 559 g/mol. The Morgan fingerprint density at radius 3 is 2.32 bits per heavy atom. The first kappa shape index (κ1) is 26.2. The standard InChI is InChI=1S/C33H25N3O4S/c1-20(30(37)35-33-34-27(19-41-33)24-17-16-21-10-6-7-13-23(21)18-24)40-32(39)29-28(22-11-4-3-5-12-22)25-14-8-9-15-26(25)31(38)36(29)2/h3-20H,1-2H3,(H,34,35,37). The third kappa shape index (κ3) is 5.01. The van der Waals surface area contributed by atoms with Gasteiger partial charge in [0, 0.05) is 28.9 Å². The van der Waals surface area contributed by atoms with E-state index in [2.05, 4.69) is 16.4 Å². The van der Waals surface area contributed by atoms with E-state index in [1.54, 1.807) is 12.1 Å². The van der Waals surface area contributed by atoms with Gasteiger partial charge in [0.1, 0.15) is 5.69 Å². The molecule has 0 fully saturated rings. The first-order valence-electron chi connectivity index (χ1n) is 13.0. The number of aromatic nitrogens is 2. The molecule has 1 unspecified atom stereocenters. The van der Waals surface area contributed by atoms with Crippen LogP contribution in [0.25, 0.3) is 43.9 Å². The Labute approximate surface area is 239 Å². The second-order valence-corrected chi connectivity index (χ2v) is 10.5. The lowest BCUT2D eigenvalue weighted by atomic mass is 9.97. The highest BCUT2D eigenvalue weighted by molar-refractivity contribution is 7.14. The summed E-state index contributed by atoms with van der Waals surface area (Å²) in [6.45, 7) is 1.49. The van der Waals surface area contributed by atoms with E-state index in [0.717, 1.165) is 27.6 Å². The maximum absolute atomic E-state index is 13.5. The van der Waals surface area contributed by atoms with Crippen molar-refractivity contribution < 1.29 is 14.3 Å². The van der Waals surface area contributed by atoms with Gasteiger partial charge in [-0.2, -0.15) is 0 Å². The summed E-state index contributed by atoms with van der Waals surface area (Å²) < 4.78 is 6.91. The van der Waals surface area contributed by atoms with E-state index in [-0.39, 0.29) is 11.3 Å². The van der Waals surface area contributed by atoms with Crippen molar-refractivity contribution in [3.05, 3.63) is 118 Å². The van der Waals surface area contributed by atoms with Crippen LogP contribution >= 0.6 is 11.3 Å². The normalized spacial score (nSPS) is 11.9. The van der Waals surface area contributed by atoms with Crippen molar-refractivity contribution in [2.75, 3.05) is 5.32 Å². The van der Waals surface area contributed by atoms with E-state index >= 15 is 0 Å². The molecule has 1 amide bonds. The summed E-state index contributed by atoms with van der Waals surface area (Å²) in [5, 5.41) is 8.37. The quantitative estimate of drug-likeness (QED) is 0.230. The molecule has 0 saturated heterocycles. The van der Waals surface area contributed by atoms with Gasteiger partial charge in [-0.1, -0.05) is 84.9 Å². The third-order valence-corrected chi connectivity index (χ3v) is 7.75. The van der Waals surface area contributed by atoms with Gasteiger partial charge in [0.15, 0.2) is 11.2 Å². The highest BCUT2D eigenvalue weighted by Crippen LogP contribution is 2.31. The van der Waals surface area contributed by atoms with Crippen LogP contribution in [0.5, 0.6) is 0 Å². The Hall–Kier alpha value is -5.08. The summed E-state index contributed by atoms with van der Waals surface area (Å²) in [4.78, 5) is 44.3. The number of anilines is 1. The molecule has 4 aromatic carbocycles. The predicted molar refractivity (Wildman–Crippen MR) is 163 cm³/mol. The number of amides is 1. The minimum absolute atomic E-state index is 0.0763. The molecule has 0 bridgehead atoms. The van der Waals surface area contributed by atoms with Crippen LogP contribution in [0, 0.1) is 0 Å². The summed E-state index contributed by atoms with van der Waals surface area (Å²) in [7, 11) is 1.53. The van der Waals surface area contributed by atoms with Crippen LogP contribution in [0.15, 0.2) is 107 Å². The van der Waals surface area contributed by atoms with Gasteiger partial charge in [0.2, 0.25) is 0 Å². The first-order valence-corrected chi connectivity index (χ1v) is 13.9. The van der Waals surface area contributed by atoms with E-state index < -0.39 is 18.0 Å². The maximum atomic E-state index is 13.5. The Bertz CT molecular complexity index is 2000. The summed E-state index contributed by atoms with van der Waals surface area (Å²) in [5.41, 5.74) is 2.75. The first-order chi connectivity index (χ1) is 19.9. The third-order valence-electron chi connectivity index (χ3n) is 6.99. The number of hydrogen-bond donors (Lipinski definition) is 1. The number of carbonyl (C=O) groups is 2. The Morgan fingerprint density at radius 2 is 1.54 bits per heavy atom. The summed E-state index contributed by atoms with van der Waals surface area (Å²) in [6.07, 6.45) is -1.14. The summed E-state index contributed by atoms with van der Waals surface area (Å²) in [5.74, 6) is -1.29. The lowest BCUT2D eigenvalue weighted by Gasteiger charge is -2.18. The fraction of sp³-hybridized carbons (Fsp3) is 0.0909.